The molecule has 0 aliphatic heterocycles. The third-order valence-electron chi connectivity index (χ3n) is 3.06. The van der Waals surface area contributed by atoms with Crippen molar-refractivity contribution in [3.8, 4) is 0 Å². The molecular weight excluding hydrogens is 196 g/mol. The fraction of sp³-hybridized carbons (Fsp3) is 0.267. The van der Waals surface area contributed by atoms with Crippen LogP contribution in [0.4, 0.5) is 0 Å². The highest BCUT2D eigenvalue weighted by molar-refractivity contribution is 5.83. The third kappa shape index (κ3) is 2.30. The van der Waals surface area contributed by atoms with Crippen molar-refractivity contribution in [2.45, 2.75) is 25.7 Å². The Morgan fingerprint density at radius 3 is 2.62 bits per heavy atom. The number of rotatable bonds is 4. The van der Waals surface area contributed by atoms with Gasteiger partial charge in [-0.05, 0) is 28.7 Å². The van der Waals surface area contributed by atoms with Gasteiger partial charge in [0.05, 0.1) is 0 Å². The Morgan fingerprint density at radius 2 is 1.88 bits per heavy atom. The van der Waals surface area contributed by atoms with Crippen LogP contribution in [0.25, 0.3) is 10.8 Å². The molecule has 0 heterocycles. The van der Waals surface area contributed by atoms with Crippen molar-refractivity contribution in [1.82, 2.24) is 0 Å². The van der Waals surface area contributed by atoms with E-state index in [1.54, 1.807) is 0 Å². The molecule has 0 N–H and O–H groups in total. The monoisotopic (exact) mass is 212 g/mol. The number of carbonyl (C=O) groups excluding carboxylic acids is 1. The van der Waals surface area contributed by atoms with E-state index in [2.05, 4.69) is 49.4 Å². The predicted molar refractivity (Wildman–Crippen MR) is 67.7 cm³/mol. The van der Waals surface area contributed by atoms with Gasteiger partial charge in [0.1, 0.15) is 6.29 Å². The van der Waals surface area contributed by atoms with Crippen molar-refractivity contribution >= 4 is 17.1 Å². The van der Waals surface area contributed by atoms with Gasteiger partial charge in [-0.15, -0.1) is 0 Å². The van der Waals surface area contributed by atoms with Crippen molar-refractivity contribution in [3.05, 3.63) is 48.0 Å². The van der Waals surface area contributed by atoms with Gasteiger partial charge in [0.25, 0.3) is 0 Å². The Labute approximate surface area is 96.1 Å². The van der Waals surface area contributed by atoms with Crippen LogP contribution in [-0.2, 0) is 4.79 Å². The summed E-state index contributed by atoms with van der Waals surface area (Å²) in [6.07, 6.45) is 2.58. The Bertz CT molecular complexity index is 488. The van der Waals surface area contributed by atoms with Gasteiger partial charge in [-0.3, -0.25) is 0 Å². The number of carbonyl (C=O) groups is 1. The average molecular weight is 212 g/mol. The molecule has 0 unspecified atom stereocenters. The van der Waals surface area contributed by atoms with Gasteiger partial charge in [0, 0.05) is 6.42 Å². The number of hydrogen-bond donors (Lipinski definition) is 0. The van der Waals surface area contributed by atoms with E-state index >= 15 is 0 Å². The molecule has 0 radical (unpaired) electrons. The second-order valence-corrected chi connectivity index (χ2v) is 4.25. The van der Waals surface area contributed by atoms with Crippen LogP contribution >= 0.6 is 0 Å². The molecule has 0 spiro atoms. The maximum Gasteiger partial charge on any atom is 0.120 e. The molecular formula is C15H16O. The lowest BCUT2D eigenvalue weighted by molar-refractivity contribution is -0.108. The van der Waals surface area contributed by atoms with Gasteiger partial charge in [-0.2, -0.15) is 0 Å². The summed E-state index contributed by atoms with van der Waals surface area (Å²) in [6, 6.07) is 14.9. The summed E-state index contributed by atoms with van der Waals surface area (Å²) in [5, 5.41) is 2.55. The van der Waals surface area contributed by atoms with Crippen molar-refractivity contribution in [2.24, 2.45) is 0 Å². The molecule has 1 heteroatoms. The molecule has 2 rings (SSSR count). The molecule has 1 atom stereocenters. The molecule has 0 amide bonds. The van der Waals surface area contributed by atoms with Gasteiger partial charge >= 0.3 is 0 Å². The smallest absolute Gasteiger partial charge is 0.120 e. The fourth-order valence-electron chi connectivity index (χ4n) is 2.00. The molecule has 0 saturated carbocycles. The second-order valence-electron chi connectivity index (χ2n) is 4.25. The van der Waals surface area contributed by atoms with E-state index in [0.717, 1.165) is 12.7 Å². The molecule has 0 bridgehead atoms. The van der Waals surface area contributed by atoms with Crippen LogP contribution in [0.5, 0.6) is 0 Å². The van der Waals surface area contributed by atoms with Crippen LogP contribution in [0.2, 0.25) is 0 Å². The standard InChI is InChI=1S/C15H16O/c1-12(5-4-10-16)14-9-8-13-6-2-3-7-15(13)11-14/h2-3,6-12H,4-5H2,1H3/t12-/m0/s1. The van der Waals surface area contributed by atoms with Crippen LogP contribution in [0.3, 0.4) is 0 Å². The fourth-order valence-corrected chi connectivity index (χ4v) is 2.00. The number of benzene rings is 2. The van der Waals surface area contributed by atoms with Crippen molar-refractivity contribution in [2.75, 3.05) is 0 Å². The van der Waals surface area contributed by atoms with Gasteiger partial charge in [-0.1, -0.05) is 49.4 Å². The molecule has 2 aromatic rings. The zero-order chi connectivity index (χ0) is 11.4. The van der Waals surface area contributed by atoms with Crippen LogP contribution in [0.1, 0.15) is 31.2 Å². The van der Waals surface area contributed by atoms with Crippen LogP contribution in [0.15, 0.2) is 42.5 Å². The highest BCUT2D eigenvalue weighted by Crippen LogP contribution is 2.24. The highest BCUT2D eigenvalue weighted by Gasteiger charge is 2.05. The minimum atomic E-state index is 0.454. The normalized spacial score (nSPS) is 12.6. The maximum absolute atomic E-state index is 10.4. The molecule has 0 saturated heterocycles. The summed E-state index contributed by atoms with van der Waals surface area (Å²) in [5.41, 5.74) is 1.32. The number of hydrogen-bond acceptors (Lipinski definition) is 1. The van der Waals surface area contributed by atoms with E-state index in [-0.39, 0.29) is 0 Å². The zero-order valence-electron chi connectivity index (χ0n) is 9.52. The minimum Gasteiger partial charge on any atom is -0.303 e. The Hall–Kier alpha value is -1.63. The van der Waals surface area contributed by atoms with Gasteiger partial charge < -0.3 is 4.79 Å². The van der Waals surface area contributed by atoms with E-state index in [9.17, 15) is 4.79 Å². The molecule has 2 aromatic carbocycles. The summed E-state index contributed by atoms with van der Waals surface area (Å²) in [6.45, 7) is 2.17. The molecule has 0 aliphatic carbocycles. The number of fused-ring (bicyclic) bond motifs is 1. The van der Waals surface area contributed by atoms with Crippen LogP contribution in [0, 0.1) is 0 Å². The van der Waals surface area contributed by atoms with Crippen LogP contribution < -0.4 is 0 Å². The molecule has 1 nitrogen and oxygen atoms in total. The Morgan fingerprint density at radius 1 is 1.12 bits per heavy atom. The van der Waals surface area contributed by atoms with E-state index in [1.165, 1.54) is 16.3 Å². The SMILES string of the molecule is C[C@@H](CCC=O)c1ccc2ccccc2c1. The first-order chi connectivity index (χ1) is 7.81. The van der Waals surface area contributed by atoms with Gasteiger partial charge in [0.15, 0.2) is 0 Å². The summed E-state index contributed by atoms with van der Waals surface area (Å²) in [7, 11) is 0. The summed E-state index contributed by atoms with van der Waals surface area (Å²) in [4.78, 5) is 10.4. The summed E-state index contributed by atoms with van der Waals surface area (Å²) >= 11 is 0. The molecule has 0 aromatic heterocycles. The predicted octanol–water partition coefficient (Wildman–Crippen LogP) is 3.92. The Kier molecular flexibility index (Phi) is 3.35. The quantitative estimate of drug-likeness (QED) is 0.702. The first-order valence-electron chi connectivity index (χ1n) is 5.73. The molecule has 82 valence electrons. The lowest BCUT2D eigenvalue weighted by Crippen LogP contribution is -1.93. The largest absolute Gasteiger partial charge is 0.303 e. The second kappa shape index (κ2) is 4.93. The first kappa shape index (κ1) is 10.9. The molecule has 0 fully saturated rings. The minimum absolute atomic E-state index is 0.454. The summed E-state index contributed by atoms with van der Waals surface area (Å²) in [5.74, 6) is 0.454. The Balaban J connectivity index is 2.28. The van der Waals surface area contributed by atoms with E-state index < -0.39 is 0 Å². The van der Waals surface area contributed by atoms with E-state index in [1.807, 2.05) is 0 Å². The van der Waals surface area contributed by atoms with Crippen molar-refractivity contribution in [3.63, 3.8) is 0 Å². The highest BCUT2D eigenvalue weighted by atomic mass is 16.1. The first-order valence-corrected chi connectivity index (χ1v) is 5.73. The van der Waals surface area contributed by atoms with Gasteiger partial charge in [-0.25, -0.2) is 0 Å². The maximum atomic E-state index is 10.4. The van der Waals surface area contributed by atoms with Crippen molar-refractivity contribution in [1.29, 1.82) is 0 Å². The third-order valence-corrected chi connectivity index (χ3v) is 3.06. The average Bonchev–Trinajstić information content (AvgIpc) is 2.35. The lowest BCUT2D eigenvalue weighted by Gasteiger charge is -2.11. The molecule has 16 heavy (non-hydrogen) atoms. The van der Waals surface area contributed by atoms with Crippen LogP contribution in [-0.4, -0.2) is 6.29 Å². The topological polar surface area (TPSA) is 17.1 Å². The summed E-state index contributed by atoms with van der Waals surface area (Å²) < 4.78 is 0. The zero-order valence-corrected chi connectivity index (χ0v) is 9.52. The van der Waals surface area contributed by atoms with E-state index in [4.69, 9.17) is 0 Å². The van der Waals surface area contributed by atoms with E-state index in [0.29, 0.717) is 12.3 Å². The number of aldehydes is 1. The van der Waals surface area contributed by atoms with Gasteiger partial charge in [0.2, 0.25) is 0 Å². The lowest BCUT2D eigenvalue weighted by atomic mass is 9.94. The van der Waals surface area contributed by atoms with Crippen molar-refractivity contribution < 1.29 is 4.79 Å². The molecule has 0 aliphatic rings.